The lowest BCUT2D eigenvalue weighted by molar-refractivity contribution is -0.112. The summed E-state index contributed by atoms with van der Waals surface area (Å²) < 4.78 is 16.8. The number of phenols is 1. The van der Waals surface area contributed by atoms with Crippen molar-refractivity contribution in [2.24, 2.45) is 17.6 Å². The molecule has 1 aliphatic heterocycles. The van der Waals surface area contributed by atoms with Crippen LogP contribution in [0.15, 0.2) is 35.4 Å². The number of nitrogens with two attached hydrogens (primary N) is 1. The van der Waals surface area contributed by atoms with Gasteiger partial charge in [0.05, 0.1) is 18.3 Å². The quantitative estimate of drug-likeness (QED) is 0.423. The molecule has 1 aromatic carbocycles. The number of fused-ring (bicyclic) bond motifs is 2. The molecule has 0 unspecified atom stereocenters. The van der Waals surface area contributed by atoms with E-state index >= 15 is 0 Å². The van der Waals surface area contributed by atoms with Gasteiger partial charge in [-0.2, -0.15) is 0 Å². The predicted molar refractivity (Wildman–Crippen MR) is 147 cm³/mol. The van der Waals surface area contributed by atoms with Crippen molar-refractivity contribution in [2.75, 3.05) is 19.5 Å². The van der Waals surface area contributed by atoms with Gasteiger partial charge in [0.2, 0.25) is 0 Å². The molecule has 1 aromatic rings. The number of allylic oxidation sites excluding steroid dienone is 1. The number of aliphatic hydroxyl groups excluding tert-OH is 1. The molecule has 0 saturated heterocycles. The van der Waals surface area contributed by atoms with Crippen molar-refractivity contribution < 1.29 is 34.0 Å². The van der Waals surface area contributed by atoms with Crippen LogP contribution in [0.4, 0.5) is 10.5 Å². The summed E-state index contributed by atoms with van der Waals surface area (Å²) in [5.41, 5.74) is 8.74. The maximum Gasteiger partial charge on any atom is 0.405 e. The fourth-order valence-corrected chi connectivity index (χ4v) is 4.99. The zero-order valence-corrected chi connectivity index (χ0v) is 23.6. The number of hydrogen-bond acceptors (Lipinski definition) is 7. The van der Waals surface area contributed by atoms with Crippen LogP contribution in [0.25, 0.3) is 0 Å². The highest BCUT2D eigenvalue weighted by Gasteiger charge is 2.30. The summed E-state index contributed by atoms with van der Waals surface area (Å²) in [5, 5.41) is 24.6. The van der Waals surface area contributed by atoms with Gasteiger partial charge in [-0.15, -0.1) is 0 Å². The maximum absolute atomic E-state index is 12.9. The summed E-state index contributed by atoms with van der Waals surface area (Å²) >= 11 is 0. The summed E-state index contributed by atoms with van der Waals surface area (Å²) in [6, 6.07) is 3.42. The first-order valence-corrected chi connectivity index (χ1v) is 13.1. The summed E-state index contributed by atoms with van der Waals surface area (Å²) in [4.78, 5) is 24.6. The van der Waals surface area contributed by atoms with Crippen molar-refractivity contribution >= 4 is 17.7 Å². The van der Waals surface area contributed by atoms with Gasteiger partial charge < -0.3 is 35.5 Å². The number of carbonyl (C=O) groups is 2. The molecule has 0 fully saturated rings. The van der Waals surface area contributed by atoms with Gasteiger partial charge in [0.1, 0.15) is 5.75 Å². The lowest BCUT2D eigenvalue weighted by atomic mass is 9.87. The number of nitrogens with one attached hydrogen (secondary N) is 1. The zero-order chi connectivity index (χ0) is 28.6. The van der Waals surface area contributed by atoms with Crippen molar-refractivity contribution in [3.05, 3.63) is 46.6 Å². The van der Waals surface area contributed by atoms with E-state index in [4.69, 9.17) is 19.9 Å². The lowest BCUT2D eigenvalue weighted by Crippen LogP contribution is -2.37. The first-order chi connectivity index (χ1) is 17.9. The molecule has 5 N–H and O–H groups in total. The Morgan fingerprint density at radius 1 is 1.11 bits per heavy atom. The third-order valence-electron chi connectivity index (χ3n) is 7.29. The molecule has 9 heteroatoms. The van der Waals surface area contributed by atoms with Crippen LogP contribution in [0.2, 0.25) is 0 Å². The second kappa shape index (κ2) is 14.3. The number of phenolic OH excluding ortho intramolecular Hbond substituents is 1. The topological polar surface area (TPSA) is 140 Å². The molecule has 1 heterocycles. The number of rotatable bonds is 3. The Balaban J connectivity index is 2.51. The Morgan fingerprint density at radius 3 is 2.37 bits per heavy atom. The molecule has 0 radical (unpaired) electrons. The first kappa shape index (κ1) is 31.3. The normalized spacial score (nSPS) is 30.9. The minimum Gasteiger partial charge on any atom is -0.508 e. The molecule has 0 spiro atoms. The van der Waals surface area contributed by atoms with Crippen LogP contribution >= 0.6 is 0 Å². The summed E-state index contributed by atoms with van der Waals surface area (Å²) in [6.07, 6.45) is 2.29. The number of benzene rings is 1. The summed E-state index contributed by atoms with van der Waals surface area (Å²) in [5.74, 6) is -0.387. The van der Waals surface area contributed by atoms with Crippen LogP contribution < -0.4 is 11.1 Å². The number of aliphatic hydroxyl groups is 1. The number of carbonyl (C=O) groups excluding carboxylic acids is 2. The van der Waals surface area contributed by atoms with E-state index in [1.807, 2.05) is 32.9 Å². The lowest BCUT2D eigenvalue weighted by Gasteiger charge is -2.30. The fourth-order valence-electron chi connectivity index (χ4n) is 4.99. The Morgan fingerprint density at radius 2 is 1.76 bits per heavy atom. The van der Waals surface area contributed by atoms with Crippen molar-refractivity contribution in [1.82, 2.24) is 0 Å². The highest BCUT2D eigenvalue weighted by molar-refractivity contribution is 6.03. The zero-order valence-electron chi connectivity index (χ0n) is 23.6. The highest BCUT2D eigenvalue weighted by Crippen LogP contribution is 2.30. The van der Waals surface area contributed by atoms with Gasteiger partial charge in [-0.1, -0.05) is 26.0 Å². The van der Waals surface area contributed by atoms with E-state index in [9.17, 15) is 19.8 Å². The Hall–Kier alpha value is -2.88. The SMILES string of the molecule is CO[C@H]1C[C@H](C)Cc2cc(cc(O)c2C)NC(=O)/C(C)=C/CC[C@H](OC)[C@@H](OC(N)=O)/C(C)=C/[C@H](C)[C@H]1O. The number of methoxy groups -OCH3 is 2. The summed E-state index contributed by atoms with van der Waals surface area (Å²) in [7, 11) is 3.10. The summed E-state index contributed by atoms with van der Waals surface area (Å²) in [6.45, 7) is 9.31. The Bertz CT molecular complexity index is 1040. The largest absolute Gasteiger partial charge is 0.508 e. The van der Waals surface area contributed by atoms with E-state index in [1.165, 1.54) is 7.11 Å². The molecule has 0 aromatic heterocycles. The number of amides is 2. The van der Waals surface area contributed by atoms with Crippen LogP contribution in [0.1, 0.15) is 58.1 Å². The van der Waals surface area contributed by atoms with Gasteiger partial charge in [-0.05, 0) is 75.1 Å². The van der Waals surface area contributed by atoms with Crippen molar-refractivity contribution in [2.45, 2.75) is 84.7 Å². The molecular formula is C29H44N2O7. The van der Waals surface area contributed by atoms with E-state index in [-0.39, 0.29) is 23.5 Å². The highest BCUT2D eigenvalue weighted by atomic mass is 16.6. The first-order valence-electron chi connectivity index (χ1n) is 13.1. The van der Waals surface area contributed by atoms with Gasteiger partial charge in [-0.25, -0.2) is 4.79 Å². The second-order valence-corrected chi connectivity index (χ2v) is 10.4. The molecule has 2 rings (SSSR count). The van der Waals surface area contributed by atoms with E-state index in [0.717, 1.165) is 11.1 Å². The van der Waals surface area contributed by atoms with E-state index in [2.05, 4.69) is 12.2 Å². The van der Waals surface area contributed by atoms with E-state index < -0.39 is 30.5 Å². The predicted octanol–water partition coefficient (Wildman–Crippen LogP) is 4.39. The molecule has 6 atom stereocenters. The fraction of sp³-hybridized carbons (Fsp3) is 0.586. The van der Waals surface area contributed by atoms with E-state index in [0.29, 0.717) is 42.5 Å². The van der Waals surface area contributed by atoms with Crippen LogP contribution in [0.3, 0.4) is 0 Å². The minimum absolute atomic E-state index is 0.100. The molecule has 38 heavy (non-hydrogen) atoms. The number of aromatic hydroxyl groups is 1. The van der Waals surface area contributed by atoms with Crippen molar-refractivity contribution in [3.63, 3.8) is 0 Å². The third kappa shape index (κ3) is 8.58. The van der Waals surface area contributed by atoms with Crippen LogP contribution in [-0.2, 0) is 25.4 Å². The third-order valence-corrected chi connectivity index (χ3v) is 7.29. The number of anilines is 1. The van der Waals surface area contributed by atoms with Crippen molar-refractivity contribution in [3.8, 4) is 5.75 Å². The molecule has 9 nitrogen and oxygen atoms in total. The second-order valence-electron chi connectivity index (χ2n) is 10.4. The van der Waals surface area contributed by atoms with Crippen LogP contribution in [0.5, 0.6) is 5.75 Å². The standard InChI is InChI=1S/C29H44N2O7/c1-16-11-21-14-22(15-23(32)20(21)5)31-28(34)17(2)9-8-10-24(36-6)27(38-29(30)35)19(4)13-18(3)26(33)25(12-16)37-7/h9,13-16,18,24-27,32-33H,8,10-12H2,1-7H3,(H2,30,35)(H,31,34)/b17-9+,19-13+/t16-,18+,24+,25+,26-,27+/m1/s1. The van der Waals surface area contributed by atoms with Crippen LogP contribution in [-0.4, -0.2) is 60.8 Å². The van der Waals surface area contributed by atoms with E-state index in [1.54, 1.807) is 26.2 Å². The average Bonchev–Trinajstić information content (AvgIpc) is 2.85. The molecule has 0 saturated carbocycles. The van der Waals surface area contributed by atoms with Crippen LogP contribution in [0, 0.1) is 18.8 Å². The van der Waals surface area contributed by atoms with Crippen molar-refractivity contribution in [1.29, 1.82) is 0 Å². The average molecular weight is 533 g/mol. The Labute approximate surface area is 226 Å². The minimum atomic E-state index is -0.925. The monoisotopic (exact) mass is 532 g/mol. The van der Waals surface area contributed by atoms with Gasteiger partial charge in [-0.3, -0.25) is 4.79 Å². The molecule has 2 amide bonds. The number of hydrogen-bond donors (Lipinski definition) is 4. The van der Waals surface area contributed by atoms with Gasteiger partial charge in [0.25, 0.3) is 5.91 Å². The number of primary amides is 1. The van der Waals surface area contributed by atoms with Gasteiger partial charge in [0.15, 0.2) is 6.10 Å². The molecule has 212 valence electrons. The molecule has 2 bridgehead atoms. The molecule has 1 aliphatic rings. The van der Waals surface area contributed by atoms with Gasteiger partial charge in [0, 0.05) is 37.5 Å². The maximum atomic E-state index is 12.9. The van der Waals surface area contributed by atoms with Gasteiger partial charge >= 0.3 is 6.09 Å². The molecular weight excluding hydrogens is 488 g/mol. The molecule has 0 aliphatic carbocycles. The number of ether oxygens (including phenoxy) is 3. The Kier molecular flexibility index (Phi) is 11.8. The smallest absolute Gasteiger partial charge is 0.405 e.